The highest BCUT2D eigenvalue weighted by Crippen LogP contribution is 2.34. The molecule has 0 saturated heterocycles. The molecule has 0 unspecified atom stereocenters. The predicted molar refractivity (Wildman–Crippen MR) is 148 cm³/mol. The van der Waals surface area contributed by atoms with Crippen molar-refractivity contribution in [3.63, 3.8) is 0 Å². The van der Waals surface area contributed by atoms with Gasteiger partial charge in [0.25, 0.3) is 5.56 Å². The van der Waals surface area contributed by atoms with E-state index in [0.29, 0.717) is 47.2 Å². The fraction of sp³-hybridized carbons (Fsp3) is 0.300. The summed E-state index contributed by atoms with van der Waals surface area (Å²) in [6.07, 6.45) is 2.13. The van der Waals surface area contributed by atoms with Crippen LogP contribution in [-0.2, 0) is 16.3 Å². The molecular weight excluding hydrogens is 536 g/mol. The molecule has 0 aliphatic carbocycles. The van der Waals surface area contributed by atoms with E-state index in [1.807, 2.05) is 13.8 Å². The summed E-state index contributed by atoms with van der Waals surface area (Å²) < 4.78 is 56.6. The van der Waals surface area contributed by atoms with Crippen LogP contribution in [0.1, 0.15) is 61.8 Å². The molecule has 2 aromatic carbocycles. The molecule has 4 aromatic rings. The predicted octanol–water partition coefficient (Wildman–Crippen LogP) is 6.08. The van der Waals surface area contributed by atoms with Gasteiger partial charge in [0, 0.05) is 17.7 Å². The number of hydrogen-bond donors (Lipinski definition) is 1. The number of unbranched alkanes of at least 4 members (excludes halogenated alkanes) is 1. The van der Waals surface area contributed by atoms with E-state index in [4.69, 9.17) is 0 Å². The normalized spacial score (nSPS) is 12.4. The second-order valence-electron chi connectivity index (χ2n) is 9.74. The highest BCUT2D eigenvalue weighted by atomic mass is 32.2. The number of benzene rings is 2. The lowest BCUT2D eigenvalue weighted by atomic mass is 10.0. The monoisotopic (exact) mass is 567 g/mol. The molecule has 0 saturated carbocycles. The standard InChI is InChI=1S/C30H31F2N3O4S/c1-5-7-8-27-34-29(36)28(30(37)35(27)25(6-2)21-15-18(3)16-22(31)17-21)40(38,39)23-11-9-20(10-12-23)24-13-14-26(32)33-19(24)4/h9-17,25,37H,5-8H2,1-4H3/t25-/m0/s1. The van der Waals surface area contributed by atoms with Crippen molar-refractivity contribution in [1.29, 1.82) is 0 Å². The molecule has 4 rings (SSSR count). The van der Waals surface area contributed by atoms with Gasteiger partial charge in [0.1, 0.15) is 11.6 Å². The van der Waals surface area contributed by atoms with Gasteiger partial charge in [-0.3, -0.25) is 9.36 Å². The van der Waals surface area contributed by atoms with E-state index < -0.39 is 44.0 Å². The summed E-state index contributed by atoms with van der Waals surface area (Å²) in [6, 6.07) is 12.2. The minimum absolute atomic E-state index is 0.222. The quantitative estimate of drug-likeness (QED) is 0.246. The van der Waals surface area contributed by atoms with E-state index in [1.54, 1.807) is 26.0 Å². The number of halogens is 2. The second kappa shape index (κ2) is 11.7. The van der Waals surface area contributed by atoms with E-state index in [2.05, 4.69) is 9.97 Å². The minimum Gasteiger partial charge on any atom is -0.493 e. The third-order valence-electron chi connectivity index (χ3n) is 6.83. The number of aryl methyl sites for hydroxylation is 3. The Morgan fingerprint density at radius 3 is 2.27 bits per heavy atom. The van der Waals surface area contributed by atoms with Crippen LogP contribution in [0.15, 0.2) is 69.2 Å². The molecule has 0 radical (unpaired) electrons. The molecule has 10 heteroatoms. The van der Waals surface area contributed by atoms with Crippen molar-refractivity contribution < 1.29 is 22.3 Å². The van der Waals surface area contributed by atoms with Gasteiger partial charge in [-0.15, -0.1) is 0 Å². The Hall–Kier alpha value is -3.92. The maximum absolute atomic E-state index is 14.3. The number of nitrogens with zero attached hydrogens (tertiary/aromatic N) is 3. The number of rotatable bonds is 9. The molecule has 0 bridgehead atoms. The molecule has 0 fully saturated rings. The molecule has 0 amide bonds. The average molecular weight is 568 g/mol. The fourth-order valence-corrected chi connectivity index (χ4v) is 6.26. The van der Waals surface area contributed by atoms with E-state index in [0.717, 1.165) is 6.42 Å². The van der Waals surface area contributed by atoms with Gasteiger partial charge in [-0.2, -0.15) is 9.37 Å². The summed E-state index contributed by atoms with van der Waals surface area (Å²) in [5.74, 6) is -1.59. The van der Waals surface area contributed by atoms with E-state index >= 15 is 0 Å². The van der Waals surface area contributed by atoms with Crippen molar-refractivity contribution in [3.05, 3.63) is 99.4 Å². The molecule has 1 N–H and O–H groups in total. The number of aromatic nitrogens is 3. The summed E-state index contributed by atoms with van der Waals surface area (Å²) in [4.78, 5) is 20.0. The van der Waals surface area contributed by atoms with Gasteiger partial charge in [0.2, 0.25) is 21.7 Å². The Morgan fingerprint density at radius 1 is 0.975 bits per heavy atom. The second-order valence-corrected chi connectivity index (χ2v) is 11.6. The van der Waals surface area contributed by atoms with Crippen LogP contribution in [0, 0.1) is 25.6 Å². The third kappa shape index (κ3) is 5.67. The van der Waals surface area contributed by atoms with Crippen LogP contribution in [0.4, 0.5) is 8.78 Å². The van der Waals surface area contributed by atoms with Gasteiger partial charge in [0.05, 0.1) is 10.9 Å². The maximum atomic E-state index is 14.3. The fourth-order valence-electron chi connectivity index (χ4n) is 4.91. The zero-order valence-corrected chi connectivity index (χ0v) is 23.6. The summed E-state index contributed by atoms with van der Waals surface area (Å²) >= 11 is 0. The summed E-state index contributed by atoms with van der Waals surface area (Å²) in [5.41, 5.74) is 1.78. The highest BCUT2D eigenvalue weighted by Gasteiger charge is 2.32. The van der Waals surface area contributed by atoms with E-state index in [-0.39, 0.29) is 10.7 Å². The zero-order chi connectivity index (χ0) is 29.2. The van der Waals surface area contributed by atoms with Crippen LogP contribution in [0.25, 0.3) is 11.1 Å². The van der Waals surface area contributed by atoms with Crippen molar-refractivity contribution in [3.8, 4) is 17.0 Å². The van der Waals surface area contributed by atoms with Crippen LogP contribution in [0.5, 0.6) is 5.88 Å². The molecule has 0 aliphatic heterocycles. The van der Waals surface area contributed by atoms with Crippen molar-refractivity contribution in [2.45, 2.75) is 69.2 Å². The van der Waals surface area contributed by atoms with Gasteiger partial charge in [-0.1, -0.05) is 38.5 Å². The molecule has 0 aliphatic rings. The number of hydrogen-bond acceptors (Lipinski definition) is 6. The molecule has 210 valence electrons. The Bertz CT molecular complexity index is 1700. The van der Waals surface area contributed by atoms with E-state index in [9.17, 15) is 27.1 Å². The molecule has 2 heterocycles. The first-order valence-electron chi connectivity index (χ1n) is 13.1. The van der Waals surface area contributed by atoms with Crippen LogP contribution in [-0.4, -0.2) is 28.1 Å². The van der Waals surface area contributed by atoms with Crippen molar-refractivity contribution >= 4 is 9.84 Å². The van der Waals surface area contributed by atoms with Crippen LogP contribution >= 0.6 is 0 Å². The van der Waals surface area contributed by atoms with E-state index in [1.165, 1.54) is 47.0 Å². The smallest absolute Gasteiger partial charge is 0.296 e. The van der Waals surface area contributed by atoms with Crippen LogP contribution in [0.2, 0.25) is 0 Å². The zero-order valence-electron chi connectivity index (χ0n) is 22.8. The summed E-state index contributed by atoms with van der Waals surface area (Å²) in [7, 11) is -4.51. The maximum Gasteiger partial charge on any atom is 0.296 e. The lowest BCUT2D eigenvalue weighted by Gasteiger charge is -2.25. The topological polar surface area (TPSA) is 102 Å². The summed E-state index contributed by atoms with van der Waals surface area (Å²) in [5, 5.41) is 11.4. The first-order chi connectivity index (χ1) is 19.0. The van der Waals surface area contributed by atoms with Gasteiger partial charge < -0.3 is 5.11 Å². The molecule has 40 heavy (non-hydrogen) atoms. The largest absolute Gasteiger partial charge is 0.493 e. The number of pyridine rings is 1. The molecular formula is C30H31F2N3O4S. The Morgan fingerprint density at radius 2 is 1.68 bits per heavy atom. The van der Waals surface area contributed by atoms with Crippen molar-refractivity contribution in [2.75, 3.05) is 0 Å². The Labute approximate surface area is 232 Å². The molecule has 7 nitrogen and oxygen atoms in total. The van der Waals surface area contributed by atoms with Gasteiger partial charge in [-0.25, -0.2) is 17.8 Å². The SMILES string of the molecule is CCCCc1nc(=O)c(S(=O)(=O)c2ccc(-c3ccc(F)nc3C)cc2)c(O)n1[C@@H](CC)c1cc(C)cc(F)c1. The third-order valence-corrected chi connectivity index (χ3v) is 8.62. The lowest BCUT2D eigenvalue weighted by molar-refractivity contribution is 0.357. The number of aromatic hydroxyl groups is 1. The van der Waals surface area contributed by atoms with Gasteiger partial charge in [0.15, 0.2) is 4.90 Å². The number of sulfone groups is 1. The molecule has 2 aromatic heterocycles. The average Bonchev–Trinajstić information content (AvgIpc) is 2.88. The highest BCUT2D eigenvalue weighted by molar-refractivity contribution is 7.91. The minimum atomic E-state index is -4.51. The van der Waals surface area contributed by atoms with Gasteiger partial charge >= 0.3 is 0 Å². The molecule has 0 spiro atoms. The first kappa shape index (κ1) is 29.1. The van der Waals surface area contributed by atoms with Crippen LogP contribution in [0.3, 0.4) is 0 Å². The summed E-state index contributed by atoms with van der Waals surface area (Å²) in [6.45, 7) is 7.16. The lowest BCUT2D eigenvalue weighted by Crippen LogP contribution is -2.27. The molecule has 1 atom stereocenters. The van der Waals surface area contributed by atoms with Crippen molar-refractivity contribution in [2.24, 2.45) is 0 Å². The van der Waals surface area contributed by atoms with Crippen molar-refractivity contribution in [1.82, 2.24) is 14.5 Å². The Kier molecular flexibility index (Phi) is 8.48. The Balaban J connectivity index is 1.87. The van der Waals surface area contributed by atoms with Gasteiger partial charge in [-0.05, 0) is 79.8 Å². The first-order valence-corrected chi connectivity index (χ1v) is 14.6. The van der Waals surface area contributed by atoms with Crippen LogP contribution < -0.4 is 5.56 Å².